The molecule has 1 aliphatic heterocycles. The SMILES string of the molecule is CC(C)(C)c1ccc(-c2cnc(-c3ccc(C[C@H](NC(=O)c4ccc(C(C)(C)C)s4)C(O)N4CCC[C@@H]4C(=O)O)cc3)nc2)cc1. The van der Waals surface area contributed by atoms with Gasteiger partial charge in [-0.2, -0.15) is 0 Å². The second kappa shape index (κ2) is 13.4. The number of amides is 1. The lowest BCUT2D eigenvalue weighted by atomic mass is 9.86. The molecule has 2 aromatic heterocycles. The quantitative estimate of drug-likeness (QED) is 0.187. The van der Waals surface area contributed by atoms with E-state index >= 15 is 0 Å². The summed E-state index contributed by atoms with van der Waals surface area (Å²) in [6.07, 6.45) is 3.94. The van der Waals surface area contributed by atoms with Gasteiger partial charge in [-0.1, -0.05) is 90.1 Å². The number of nitrogens with zero attached hydrogens (tertiary/aromatic N) is 3. The fourth-order valence-corrected chi connectivity index (χ4v) is 6.74. The van der Waals surface area contributed by atoms with E-state index in [4.69, 9.17) is 0 Å². The molecular formula is C37H44N4O4S. The highest BCUT2D eigenvalue weighted by Crippen LogP contribution is 2.30. The molecule has 5 rings (SSSR count). The summed E-state index contributed by atoms with van der Waals surface area (Å²) in [5, 5.41) is 24.2. The summed E-state index contributed by atoms with van der Waals surface area (Å²) in [7, 11) is 0. The van der Waals surface area contributed by atoms with E-state index in [9.17, 15) is 19.8 Å². The van der Waals surface area contributed by atoms with E-state index in [1.54, 1.807) is 11.0 Å². The molecule has 4 aromatic rings. The Morgan fingerprint density at radius 2 is 1.52 bits per heavy atom. The predicted molar refractivity (Wildman–Crippen MR) is 183 cm³/mol. The third-order valence-electron chi connectivity index (χ3n) is 8.57. The second-order valence-corrected chi connectivity index (χ2v) is 15.2. The minimum absolute atomic E-state index is 0.0873. The van der Waals surface area contributed by atoms with Crippen molar-refractivity contribution in [3.8, 4) is 22.5 Å². The molecule has 1 saturated heterocycles. The van der Waals surface area contributed by atoms with Gasteiger partial charge in [-0.25, -0.2) is 9.97 Å². The Hall–Kier alpha value is -3.92. The Labute approximate surface area is 275 Å². The van der Waals surface area contributed by atoms with Crippen molar-refractivity contribution in [1.29, 1.82) is 0 Å². The van der Waals surface area contributed by atoms with Crippen LogP contribution in [0.5, 0.6) is 0 Å². The van der Waals surface area contributed by atoms with Gasteiger partial charge in [0.05, 0.1) is 10.9 Å². The topological polar surface area (TPSA) is 116 Å². The normalized spacial score (nSPS) is 17.1. The van der Waals surface area contributed by atoms with Crippen LogP contribution in [-0.4, -0.2) is 61.8 Å². The maximum absolute atomic E-state index is 13.4. The number of carbonyl (C=O) groups excluding carboxylic acids is 1. The summed E-state index contributed by atoms with van der Waals surface area (Å²) < 4.78 is 0. The van der Waals surface area contributed by atoms with Gasteiger partial charge in [0.15, 0.2) is 5.82 Å². The molecule has 3 atom stereocenters. The van der Waals surface area contributed by atoms with Gasteiger partial charge in [0.1, 0.15) is 12.3 Å². The van der Waals surface area contributed by atoms with Crippen LogP contribution in [0.1, 0.15) is 80.1 Å². The fraction of sp³-hybridized carbons (Fsp3) is 0.405. The number of likely N-dealkylation sites (tertiary alicyclic amines) is 1. The van der Waals surface area contributed by atoms with Gasteiger partial charge in [0.25, 0.3) is 5.91 Å². The predicted octanol–water partition coefficient (Wildman–Crippen LogP) is 6.68. The molecule has 1 aliphatic rings. The zero-order valence-electron chi connectivity index (χ0n) is 27.4. The molecule has 2 aromatic carbocycles. The van der Waals surface area contributed by atoms with E-state index in [-0.39, 0.29) is 16.7 Å². The second-order valence-electron chi connectivity index (χ2n) is 14.2. The number of hydrogen-bond donors (Lipinski definition) is 3. The van der Waals surface area contributed by atoms with Gasteiger partial charge in [-0.15, -0.1) is 11.3 Å². The van der Waals surface area contributed by atoms with Crippen molar-refractivity contribution in [2.24, 2.45) is 0 Å². The molecule has 242 valence electrons. The standard InChI is InChI=1S/C37H44N4O4S/c1-36(2,3)27-15-13-24(14-16-27)26-21-38-32(39-22-26)25-11-9-23(10-12-25)20-28(34(43)41-19-7-8-29(41)35(44)45)40-33(42)30-17-18-31(46-30)37(4,5)6/h9-18,21-22,28-29,34,43H,7-8,19-20H2,1-6H3,(H,40,42)(H,44,45)/t28-,29+,34?/m0/s1. The van der Waals surface area contributed by atoms with Crippen LogP contribution in [0.4, 0.5) is 0 Å². The highest BCUT2D eigenvalue weighted by molar-refractivity contribution is 7.14. The number of thiophene rings is 1. The molecule has 8 nitrogen and oxygen atoms in total. The molecule has 0 radical (unpaired) electrons. The monoisotopic (exact) mass is 640 g/mol. The lowest BCUT2D eigenvalue weighted by Gasteiger charge is -2.33. The van der Waals surface area contributed by atoms with Crippen LogP contribution in [0.3, 0.4) is 0 Å². The smallest absolute Gasteiger partial charge is 0.320 e. The van der Waals surface area contributed by atoms with Crippen molar-refractivity contribution in [1.82, 2.24) is 20.2 Å². The van der Waals surface area contributed by atoms with Crippen LogP contribution < -0.4 is 5.32 Å². The summed E-state index contributed by atoms with van der Waals surface area (Å²) >= 11 is 1.43. The van der Waals surface area contributed by atoms with Crippen molar-refractivity contribution < 1.29 is 19.8 Å². The Morgan fingerprint density at radius 1 is 0.891 bits per heavy atom. The van der Waals surface area contributed by atoms with E-state index in [1.807, 2.05) is 42.7 Å². The Morgan fingerprint density at radius 3 is 2.09 bits per heavy atom. The summed E-state index contributed by atoms with van der Waals surface area (Å²) in [5.41, 5.74) is 5.00. The molecule has 46 heavy (non-hydrogen) atoms. The van der Waals surface area contributed by atoms with Crippen LogP contribution in [0.2, 0.25) is 0 Å². The number of aliphatic carboxylic acids is 1. The van der Waals surface area contributed by atoms with Crippen molar-refractivity contribution in [2.75, 3.05) is 6.54 Å². The minimum atomic E-state index is -1.16. The van der Waals surface area contributed by atoms with Crippen LogP contribution >= 0.6 is 11.3 Å². The number of carbonyl (C=O) groups is 2. The molecule has 9 heteroatoms. The minimum Gasteiger partial charge on any atom is -0.480 e. The van der Waals surface area contributed by atoms with Crippen molar-refractivity contribution in [3.63, 3.8) is 0 Å². The highest BCUT2D eigenvalue weighted by atomic mass is 32.1. The van der Waals surface area contributed by atoms with Crippen LogP contribution in [-0.2, 0) is 22.0 Å². The maximum Gasteiger partial charge on any atom is 0.320 e. The Bertz CT molecular complexity index is 1650. The van der Waals surface area contributed by atoms with E-state index in [0.29, 0.717) is 36.5 Å². The molecule has 3 heterocycles. The lowest BCUT2D eigenvalue weighted by Crippen LogP contribution is -2.55. The van der Waals surface area contributed by atoms with Crippen LogP contribution in [0.25, 0.3) is 22.5 Å². The van der Waals surface area contributed by atoms with Crippen molar-refractivity contribution in [3.05, 3.63) is 93.9 Å². The average Bonchev–Trinajstić information content (AvgIpc) is 3.72. The first kappa shape index (κ1) is 33.4. The van der Waals surface area contributed by atoms with Gasteiger partial charge >= 0.3 is 5.97 Å². The van der Waals surface area contributed by atoms with E-state index in [2.05, 4.69) is 81.1 Å². The number of carboxylic acid groups (broad SMARTS) is 1. The first-order valence-electron chi connectivity index (χ1n) is 15.8. The molecule has 3 N–H and O–H groups in total. The average molecular weight is 641 g/mol. The summed E-state index contributed by atoms with van der Waals surface area (Å²) in [4.78, 5) is 37.8. The molecular weight excluding hydrogens is 596 g/mol. The molecule has 0 aliphatic carbocycles. The number of hydrogen-bond acceptors (Lipinski definition) is 7. The number of aromatic nitrogens is 2. The van der Waals surface area contributed by atoms with E-state index in [1.165, 1.54) is 16.9 Å². The van der Waals surface area contributed by atoms with E-state index in [0.717, 1.165) is 27.1 Å². The number of nitrogens with one attached hydrogen (secondary N) is 1. The number of rotatable bonds is 9. The molecule has 1 unspecified atom stereocenters. The van der Waals surface area contributed by atoms with Crippen molar-refractivity contribution in [2.45, 2.75) is 89.9 Å². The summed E-state index contributed by atoms with van der Waals surface area (Å²) in [5.74, 6) is -0.652. The van der Waals surface area contributed by atoms with Gasteiger partial charge in [0.2, 0.25) is 0 Å². The fourth-order valence-electron chi connectivity index (χ4n) is 5.77. The van der Waals surface area contributed by atoms with Gasteiger partial charge in [0, 0.05) is 34.9 Å². The number of aliphatic hydroxyl groups excluding tert-OH is 1. The third-order valence-corrected chi connectivity index (χ3v) is 10.1. The molecule has 0 bridgehead atoms. The summed E-state index contributed by atoms with van der Waals surface area (Å²) in [6, 6.07) is 18.5. The van der Waals surface area contributed by atoms with Crippen LogP contribution in [0.15, 0.2) is 73.1 Å². The number of benzene rings is 2. The Kier molecular flexibility index (Phi) is 9.77. The number of aliphatic hydroxyl groups is 1. The molecule has 0 spiro atoms. The van der Waals surface area contributed by atoms with Gasteiger partial charge < -0.3 is 15.5 Å². The largest absolute Gasteiger partial charge is 0.480 e. The van der Waals surface area contributed by atoms with Crippen LogP contribution in [0, 0.1) is 0 Å². The van der Waals surface area contributed by atoms with E-state index < -0.39 is 24.3 Å². The Balaban J connectivity index is 1.32. The molecule has 1 amide bonds. The highest BCUT2D eigenvalue weighted by Gasteiger charge is 2.38. The third kappa shape index (κ3) is 7.71. The van der Waals surface area contributed by atoms with Gasteiger partial charge in [-0.05, 0) is 58.9 Å². The van der Waals surface area contributed by atoms with Gasteiger partial charge in [-0.3, -0.25) is 14.5 Å². The zero-order chi connectivity index (χ0) is 33.2. The first-order valence-corrected chi connectivity index (χ1v) is 16.6. The maximum atomic E-state index is 13.4. The zero-order valence-corrected chi connectivity index (χ0v) is 28.3. The molecule has 0 saturated carbocycles. The summed E-state index contributed by atoms with van der Waals surface area (Å²) in [6.45, 7) is 13.3. The molecule has 1 fully saturated rings. The lowest BCUT2D eigenvalue weighted by molar-refractivity contribution is -0.147. The first-order chi connectivity index (χ1) is 21.7. The number of carboxylic acids is 1. The van der Waals surface area contributed by atoms with Crippen molar-refractivity contribution >= 4 is 23.2 Å².